The Labute approximate surface area is 88.2 Å². The van der Waals surface area contributed by atoms with E-state index >= 15 is 0 Å². The minimum atomic E-state index is -0.754. The van der Waals surface area contributed by atoms with Crippen LogP contribution < -0.4 is 4.90 Å². The van der Waals surface area contributed by atoms with Crippen LogP contribution >= 0.6 is 0 Å². The summed E-state index contributed by atoms with van der Waals surface area (Å²) in [5, 5.41) is 8.62. The highest BCUT2D eigenvalue weighted by Gasteiger charge is 2.19. The Bertz CT molecular complexity index is 368. The molecule has 1 aliphatic heterocycles. The van der Waals surface area contributed by atoms with Gasteiger partial charge in [-0.1, -0.05) is 0 Å². The number of hydrogen-bond donors (Lipinski definition) is 0. The fraction of sp³-hybridized carbons (Fsp3) is 0.455. The van der Waals surface area contributed by atoms with Crippen LogP contribution in [0.4, 0.5) is 10.2 Å². The van der Waals surface area contributed by atoms with Crippen molar-refractivity contribution in [1.29, 1.82) is 5.26 Å². The van der Waals surface area contributed by atoms with Gasteiger partial charge in [0.1, 0.15) is 18.1 Å². The van der Waals surface area contributed by atoms with Gasteiger partial charge in [-0.25, -0.2) is 9.37 Å². The first kappa shape index (κ1) is 9.91. The molecule has 4 heteroatoms. The molecule has 0 aliphatic carbocycles. The summed E-state index contributed by atoms with van der Waals surface area (Å²) in [6.45, 7) is 1.26. The molecule has 1 fully saturated rings. The predicted molar refractivity (Wildman–Crippen MR) is 55.3 cm³/mol. The molecule has 0 N–H and O–H groups in total. The lowest BCUT2D eigenvalue weighted by atomic mass is 10.1. The van der Waals surface area contributed by atoms with E-state index in [-0.39, 0.29) is 0 Å². The normalized spacial score (nSPS) is 21.1. The van der Waals surface area contributed by atoms with Crippen LogP contribution in [0.5, 0.6) is 0 Å². The molecule has 1 aliphatic rings. The number of nitriles is 1. The number of aromatic nitrogens is 1. The van der Waals surface area contributed by atoms with Crippen LogP contribution in [0.15, 0.2) is 18.3 Å². The highest BCUT2D eigenvalue weighted by atomic mass is 19.1. The van der Waals surface area contributed by atoms with Crippen molar-refractivity contribution in [1.82, 2.24) is 4.98 Å². The van der Waals surface area contributed by atoms with E-state index in [1.54, 1.807) is 12.1 Å². The van der Waals surface area contributed by atoms with Gasteiger partial charge in [0.2, 0.25) is 0 Å². The van der Waals surface area contributed by atoms with Crippen LogP contribution in [0.25, 0.3) is 0 Å². The van der Waals surface area contributed by atoms with Crippen LogP contribution in [0.1, 0.15) is 18.4 Å². The van der Waals surface area contributed by atoms with Gasteiger partial charge in [-0.3, -0.25) is 0 Å². The molecule has 78 valence electrons. The first-order chi connectivity index (χ1) is 7.29. The van der Waals surface area contributed by atoms with Crippen molar-refractivity contribution in [3.8, 4) is 6.07 Å². The molecule has 3 nitrogen and oxygen atoms in total. The third-order valence-corrected chi connectivity index (χ3v) is 2.56. The fourth-order valence-electron chi connectivity index (χ4n) is 1.77. The minimum absolute atomic E-state index is 0.416. The second kappa shape index (κ2) is 4.26. The number of hydrogen-bond acceptors (Lipinski definition) is 3. The third kappa shape index (κ3) is 2.24. The Balaban J connectivity index is 2.12. The Kier molecular flexibility index (Phi) is 2.82. The van der Waals surface area contributed by atoms with E-state index in [0.29, 0.717) is 18.5 Å². The molecule has 0 amide bonds. The summed E-state index contributed by atoms with van der Waals surface area (Å²) in [6.07, 6.45) is 2.28. The molecule has 0 radical (unpaired) electrons. The molecule has 0 spiro atoms. The Morgan fingerprint density at radius 3 is 3.00 bits per heavy atom. The molecule has 0 bridgehead atoms. The lowest BCUT2D eigenvalue weighted by Gasteiger charge is -2.29. The van der Waals surface area contributed by atoms with Crippen molar-refractivity contribution in [2.75, 3.05) is 18.0 Å². The van der Waals surface area contributed by atoms with Gasteiger partial charge < -0.3 is 4.90 Å². The molecule has 1 aromatic heterocycles. The second-order valence-corrected chi connectivity index (χ2v) is 3.70. The van der Waals surface area contributed by atoms with E-state index in [4.69, 9.17) is 5.26 Å². The number of anilines is 1. The molecule has 1 atom stereocenters. The maximum absolute atomic E-state index is 13.1. The Hall–Kier alpha value is -1.63. The standard InChI is InChI=1S/C11H12FN3/c12-10-2-1-5-15(8-10)11-4-3-9(6-13)7-14-11/h3-4,7,10H,1-2,5,8H2/t10-/m1/s1. The van der Waals surface area contributed by atoms with E-state index < -0.39 is 6.17 Å². The van der Waals surface area contributed by atoms with Crippen LogP contribution in [0.2, 0.25) is 0 Å². The van der Waals surface area contributed by atoms with E-state index in [2.05, 4.69) is 4.98 Å². The van der Waals surface area contributed by atoms with Crippen LogP contribution in [-0.4, -0.2) is 24.2 Å². The number of rotatable bonds is 1. The summed E-state index contributed by atoms with van der Waals surface area (Å²) < 4.78 is 13.1. The Morgan fingerprint density at radius 2 is 2.40 bits per heavy atom. The van der Waals surface area contributed by atoms with Gasteiger partial charge in [-0.15, -0.1) is 0 Å². The molecule has 0 unspecified atom stereocenters. The number of pyridine rings is 1. The molecule has 0 aromatic carbocycles. The smallest absolute Gasteiger partial charge is 0.128 e. The third-order valence-electron chi connectivity index (χ3n) is 2.56. The van der Waals surface area contributed by atoms with E-state index in [9.17, 15) is 4.39 Å². The lowest BCUT2D eigenvalue weighted by Crippen LogP contribution is -2.36. The van der Waals surface area contributed by atoms with Crippen molar-refractivity contribution >= 4 is 5.82 Å². The summed E-state index contributed by atoms with van der Waals surface area (Å²) in [4.78, 5) is 6.07. The highest BCUT2D eigenvalue weighted by Crippen LogP contribution is 2.19. The van der Waals surface area contributed by atoms with Gasteiger partial charge in [0.15, 0.2) is 0 Å². The summed E-state index contributed by atoms with van der Waals surface area (Å²) in [7, 11) is 0. The monoisotopic (exact) mass is 205 g/mol. The molecular weight excluding hydrogens is 193 g/mol. The van der Waals surface area contributed by atoms with Gasteiger partial charge in [0, 0.05) is 12.7 Å². The first-order valence-corrected chi connectivity index (χ1v) is 5.05. The van der Waals surface area contributed by atoms with Gasteiger partial charge in [-0.05, 0) is 25.0 Å². The largest absolute Gasteiger partial charge is 0.354 e. The first-order valence-electron chi connectivity index (χ1n) is 5.05. The quantitative estimate of drug-likeness (QED) is 0.702. The minimum Gasteiger partial charge on any atom is -0.354 e. The number of piperidine rings is 1. The topological polar surface area (TPSA) is 39.9 Å². The van der Waals surface area contributed by atoms with Crippen LogP contribution in [-0.2, 0) is 0 Å². The maximum Gasteiger partial charge on any atom is 0.128 e. The van der Waals surface area contributed by atoms with E-state index in [1.165, 1.54) is 6.20 Å². The van der Waals surface area contributed by atoms with Crippen molar-refractivity contribution < 1.29 is 4.39 Å². The fourth-order valence-corrected chi connectivity index (χ4v) is 1.77. The predicted octanol–water partition coefficient (Wildman–Crippen LogP) is 1.89. The van der Waals surface area contributed by atoms with Gasteiger partial charge >= 0.3 is 0 Å². The molecule has 15 heavy (non-hydrogen) atoms. The van der Waals surface area contributed by atoms with Crippen molar-refractivity contribution in [3.05, 3.63) is 23.9 Å². The van der Waals surface area contributed by atoms with Crippen LogP contribution in [0.3, 0.4) is 0 Å². The maximum atomic E-state index is 13.1. The molecule has 1 saturated heterocycles. The van der Waals surface area contributed by atoms with Crippen molar-refractivity contribution in [2.24, 2.45) is 0 Å². The lowest BCUT2D eigenvalue weighted by molar-refractivity contribution is 0.286. The van der Waals surface area contributed by atoms with Gasteiger partial charge in [0.25, 0.3) is 0 Å². The van der Waals surface area contributed by atoms with Gasteiger partial charge in [-0.2, -0.15) is 5.26 Å². The number of nitrogens with zero attached hydrogens (tertiary/aromatic N) is 3. The van der Waals surface area contributed by atoms with E-state index in [0.717, 1.165) is 18.8 Å². The van der Waals surface area contributed by atoms with Crippen molar-refractivity contribution in [3.63, 3.8) is 0 Å². The second-order valence-electron chi connectivity index (χ2n) is 3.70. The van der Waals surface area contributed by atoms with Crippen LogP contribution in [0, 0.1) is 11.3 Å². The summed E-state index contributed by atoms with van der Waals surface area (Å²) in [5.41, 5.74) is 0.535. The zero-order valence-electron chi connectivity index (χ0n) is 8.36. The molecule has 2 rings (SSSR count). The van der Waals surface area contributed by atoms with E-state index in [1.807, 2.05) is 11.0 Å². The average molecular weight is 205 g/mol. The van der Waals surface area contributed by atoms with Gasteiger partial charge in [0.05, 0.1) is 12.1 Å². The summed E-state index contributed by atoms with van der Waals surface area (Å²) in [5.74, 6) is 0.761. The Morgan fingerprint density at radius 1 is 1.53 bits per heavy atom. The number of halogens is 1. The molecule has 2 heterocycles. The highest BCUT2D eigenvalue weighted by molar-refractivity contribution is 5.42. The zero-order valence-corrected chi connectivity index (χ0v) is 8.36. The average Bonchev–Trinajstić information content (AvgIpc) is 2.29. The molecular formula is C11H12FN3. The zero-order chi connectivity index (χ0) is 10.7. The molecule has 0 saturated carbocycles. The molecule has 1 aromatic rings. The summed E-state index contributed by atoms with van der Waals surface area (Å²) >= 11 is 0. The number of alkyl halides is 1. The van der Waals surface area contributed by atoms with Crippen molar-refractivity contribution in [2.45, 2.75) is 19.0 Å². The summed E-state index contributed by atoms with van der Waals surface area (Å²) in [6, 6.07) is 5.50. The SMILES string of the molecule is N#Cc1ccc(N2CCC[C@@H](F)C2)nc1.